The van der Waals surface area contributed by atoms with Crippen molar-refractivity contribution in [2.24, 2.45) is 5.41 Å². The average Bonchev–Trinajstić information content (AvgIpc) is 2.12. The van der Waals surface area contributed by atoms with E-state index in [2.05, 4.69) is 6.58 Å². The van der Waals surface area contributed by atoms with Crippen LogP contribution in [0.3, 0.4) is 0 Å². The number of rotatable bonds is 0. The van der Waals surface area contributed by atoms with Crippen LogP contribution in [-0.2, 0) is 4.74 Å². The van der Waals surface area contributed by atoms with Gasteiger partial charge in [-0.15, -0.1) is 0 Å². The first kappa shape index (κ1) is 5.48. The Morgan fingerprint density at radius 1 is 1.44 bits per heavy atom. The molecule has 0 aromatic heterocycles. The molecule has 1 saturated carbocycles. The molecule has 1 heterocycles. The quantitative estimate of drug-likeness (QED) is 0.447. The normalized spacial score (nSPS) is 30.9. The van der Waals surface area contributed by atoms with Gasteiger partial charge >= 0.3 is 0 Å². The summed E-state index contributed by atoms with van der Waals surface area (Å²) in [6, 6.07) is 0. The Hall–Kier alpha value is -0.300. The first-order valence-corrected chi connectivity index (χ1v) is 3.55. The van der Waals surface area contributed by atoms with E-state index in [0.29, 0.717) is 5.41 Å². The summed E-state index contributed by atoms with van der Waals surface area (Å²) in [5.74, 6) is 0. The molecule has 1 saturated heterocycles. The van der Waals surface area contributed by atoms with Crippen molar-refractivity contribution in [1.82, 2.24) is 0 Å². The third-order valence-electron chi connectivity index (χ3n) is 2.43. The summed E-state index contributed by atoms with van der Waals surface area (Å²) in [5, 5.41) is 0. The van der Waals surface area contributed by atoms with Crippen LogP contribution in [0.5, 0.6) is 0 Å². The van der Waals surface area contributed by atoms with E-state index in [0.717, 1.165) is 13.2 Å². The van der Waals surface area contributed by atoms with Crippen molar-refractivity contribution in [2.75, 3.05) is 13.2 Å². The molecule has 2 aliphatic rings. The molecule has 0 bridgehead atoms. The first-order valence-electron chi connectivity index (χ1n) is 3.55. The molecule has 2 rings (SSSR count). The zero-order chi connectivity index (χ0) is 6.32. The molecule has 9 heavy (non-hydrogen) atoms. The zero-order valence-corrected chi connectivity index (χ0v) is 5.65. The van der Waals surface area contributed by atoms with Crippen LogP contribution in [0, 0.1) is 5.41 Å². The molecule has 0 atom stereocenters. The second-order valence-electron chi connectivity index (χ2n) is 3.41. The second-order valence-corrected chi connectivity index (χ2v) is 3.41. The average molecular weight is 124 g/mol. The summed E-state index contributed by atoms with van der Waals surface area (Å²) < 4.78 is 5.31. The number of allylic oxidation sites excluding steroid dienone is 1. The van der Waals surface area contributed by atoms with Gasteiger partial charge in [0.2, 0.25) is 0 Å². The van der Waals surface area contributed by atoms with Gasteiger partial charge in [0.05, 0.1) is 6.61 Å². The maximum absolute atomic E-state index is 5.31. The van der Waals surface area contributed by atoms with Crippen molar-refractivity contribution in [2.45, 2.75) is 19.3 Å². The molecule has 2 fully saturated rings. The smallest absolute Gasteiger partial charge is 0.0529 e. The zero-order valence-electron chi connectivity index (χ0n) is 5.65. The molecule has 50 valence electrons. The molecule has 0 aromatic rings. The van der Waals surface area contributed by atoms with Gasteiger partial charge in [0.1, 0.15) is 0 Å². The topological polar surface area (TPSA) is 9.23 Å². The van der Waals surface area contributed by atoms with Crippen LogP contribution in [0.15, 0.2) is 12.2 Å². The van der Waals surface area contributed by atoms with E-state index in [9.17, 15) is 0 Å². The van der Waals surface area contributed by atoms with Crippen molar-refractivity contribution in [3.63, 3.8) is 0 Å². The van der Waals surface area contributed by atoms with Crippen LogP contribution < -0.4 is 0 Å². The van der Waals surface area contributed by atoms with Crippen molar-refractivity contribution >= 4 is 0 Å². The molecule has 1 aliphatic carbocycles. The van der Waals surface area contributed by atoms with Crippen LogP contribution >= 0.6 is 0 Å². The van der Waals surface area contributed by atoms with E-state index >= 15 is 0 Å². The SMILES string of the molecule is C=C1CC2(CCOC2)C1. The Morgan fingerprint density at radius 2 is 2.22 bits per heavy atom. The van der Waals surface area contributed by atoms with Gasteiger partial charge in [0.25, 0.3) is 0 Å². The Labute approximate surface area is 55.7 Å². The van der Waals surface area contributed by atoms with E-state index in [1.165, 1.54) is 24.8 Å². The van der Waals surface area contributed by atoms with Gasteiger partial charge < -0.3 is 4.74 Å². The van der Waals surface area contributed by atoms with Crippen molar-refractivity contribution in [1.29, 1.82) is 0 Å². The highest BCUT2D eigenvalue weighted by atomic mass is 16.5. The standard InChI is InChI=1S/C8H12O/c1-7-4-8(5-7)2-3-9-6-8/h1-6H2. The Bertz CT molecular complexity index is 133. The largest absolute Gasteiger partial charge is 0.381 e. The summed E-state index contributed by atoms with van der Waals surface area (Å²) in [4.78, 5) is 0. The molecular weight excluding hydrogens is 112 g/mol. The fourth-order valence-corrected chi connectivity index (χ4v) is 1.94. The summed E-state index contributed by atoms with van der Waals surface area (Å²) in [7, 11) is 0. The van der Waals surface area contributed by atoms with Crippen molar-refractivity contribution < 1.29 is 4.74 Å². The van der Waals surface area contributed by atoms with Gasteiger partial charge in [-0.2, -0.15) is 0 Å². The molecule has 1 spiro atoms. The minimum atomic E-state index is 0.567. The minimum absolute atomic E-state index is 0.567. The monoisotopic (exact) mass is 124 g/mol. The molecule has 1 heteroatoms. The van der Waals surface area contributed by atoms with E-state index in [4.69, 9.17) is 4.74 Å². The van der Waals surface area contributed by atoms with Crippen LogP contribution in [-0.4, -0.2) is 13.2 Å². The van der Waals surface area contributed by atoms with Crippen LogP contribution in [0.2, 0.25) is 0 Å². The fourth-order valence-electron chi connectivity index (χ4n) is 1.94. The molecule has 0 radical (unpaired) electrons. The van der Waals surface area contributed by atoms with E-state index in [1.807, 2.05) is 0 Å². The van der Waals surface area contributed by atoms with Crippen LogP contribution in [0.1, 0.15) is 19.3 Å². The summed E-state index contributed by atoms with van der Waals surface area (Å²) in [6.07, 6.45) is 3.73. The molecular formula is C8H12O. The van der Waals surface area contributed by atoms with Gasteiger partial charge in [0, 0.05) is 12.0 Å². The van der Waals surface area contributed by atoms with Gasteiger partial charge in [0.15, 0.2) is 0 Å². The van der Waals surface area contributed by atoms with E-state index in [1.54, 1.807) is 0 Å². The molecule has 0 unspecified atom stereocenters. The third kappa shape index (κ3) is 0.715. The predicted octanol–water partition coefficient (Wildman–Crippen LogP) is 1.74. The molecule has 0 amide bonds. The highest BCUT2D eigenvalue weighted by molar-refractivity contribution is 5.16. The number of hydrogen-bond acceptors (Lipinski definition) is 1. The number of hydrogen-bond donors (Lipinski definition) is 0. The summed E-state index contributed by atoms with van der Waals surface area (Å²) in [6.45, 7) is 5.90. The second kappa shape index (κ2) is 1.60. The lowest BCUT2D eigenvalue weighted by atomic mass is 9.66. The maximum Gasteiger partial charge on any atom is 0.0529 e. The van der Waals surface area contributed by atoms with Crippen molar-refractivity contribution in [3.8, 4) is 0 Å². The fraction of sp³-hybridized carbons (Fsp3) is 0.750. The molecule has 1 aliphatic heterocycles. The third-order valence-corrected chi connectivity index (χ3v) is 2.43. The Morgan fingerprint density at radius 3 is 2.67 bits per heavy atom. The van der Waals surface area contributed by atoms with Gasteiger partial charge in [-0.05, 0) is 19.3 Å². The predicted molar refractivity (Wildman–Crippen MR) is 36.2 cm³/mol. The Balaban J connectivity index is 2.03. The van der Waals surface area contributed by atoms with Gasteiger partial charge in [-0.3, -0.25) is 0 Å². The number of ether oxygens (including phenoxy) is 1. The summed E-state index contributed by atoms with van der Waals surface area (Å²) in [5.41, 5.74) is 1.98. The highest BCUT2D eigenvalue weighted by Crippen LogP contribution is 2.49. The highest BCUT2D eigenvalue weighted by Gasteiger charge is 2.42. The lowest BCUT2D eigenvalue weighted by molar-refractivity contribution is 0.127. The van der Waals surface area contributed by atoms with Gasteiger partial charge in [-0.1, -0.05) is 12.2 Å². The Kier molecular flexibility index (Phi) is 0.974. The molecule has 0 aromatic carbocycles. The van der Waals surface area contributed by atoms with E-state index < -0.39 is 0 Å². The summed E-state index contributed by atoms with van der Waals surface area (Å²) >= 11 is 0. The van der Waals surface area contributed by atoms with E-state index in [-0.39, 0.29) is 0 Å². The lowest BCUT2D eigenvalue weighted by Gasteiger charge is -2.38. The lowest BCUT2D eigenvalue weighted by Crippen LogP contribution is -2.31. The minimum Gasteiger partial charge on any atom is -0.381 e. The molecule has 1 nitrogen and oxygen atoms in total. The van der Waals surface area contributed by atoms with Gasteiger partial charge in [-0.25, -0.2) is 0 Å². The van der Waals surface area contributed by atoms with Crippen LogP contribution in [0.25, 0.3) is 0 Å². The van der Waals surface area contributed by atoms with Crippen LogP contribution in [0.4, 0.5) is 0 Å². The molecule has 0 N–H and O–H groups in total. The maximum atomic E-state index is 5.31. The first-order chi connectivity index (χ1) is 4.31. The van der Waals surface area contributed by atoms with Crippen molar-refractivity contribution in [3.05, 3.63) is 12.2 Å².